The molecule has 0 saturated heterocycles. The number of anilines is 1. The number of unbranched alkanes of at least 4 members (excludes halogenated alkanes) is 1. The summed E-state index contributed by atoms with van der Waals surface area (Å²) in [5.41, 5.74) is 7.95. The number of hydrogen-bond acceptors (Lipinski definition) is 2. The van der Waals surface area contributed by atoms with Crippen LogP contribution < -0.4 is 11.1 Å². The fourth-order valence-corrected chi connectivity index (χ4v) is 1.26. The number of nitrogens with one attached hydrogen (secondary N) is 1. The SMILES string of the molecule is Cc1ccccc1NCCCCN. The van der Waals surface area contributed by atoms with Gasteiger partial charge >= 0.3 is 0 Å². The van der Waals surface area contributed by atoms with Crippen molar-refractivity contribution in [1.29, 1.82) is 0 Å². The van der Waals surface area contributed by atoms with E-state index < -0.39 is 0 Å². The van der Waals surface area contributed by atoms with Crippen LogP contribution in [0.15, 0.2) is 24.3 Å². The van der Waals surface area contributed by atoms with E-state index in [1.165, 1.54) is 11.3 Å². The molecule has 0 aliphatic heterocycles. The summed E-state index contributed by atoms with van der Waals surface area (Å²) in [5.74, 6) is 0. The molecule has 0 amide bonds. The van der Waals surface area contributed by atoms with Crippen molar-refractivity contribution in [3.63, 3.8) is 0 Å². The lowest BCUT2D eigenvalue weighted by atomic mass is 10.2. The Balaban J connectivity index is 2.32. The fourth-order valence-electron chi connectivity index (χ4n) is 1.26. The highest BCUT2D eigenvalue weighted by Gasteiger charge is 1.93. The van der Waals surface area contributed by atoms with Gasteiger partial charge in [0.25, 0.3) is 0 Å². The van der Waals surface area contributed by atoms with Gasteiger partial charge in [-0.15, -0.1) is 0 Å². The van der Waals surface area contributed by atoms with Gasteiger partial charge < -0.3 is 11.1 Å². The molecule has 1 aromatic rings. The summed E-state index contributed by atoms with van der Waals surface area (Å²) in [7, 11) is 0. The monoisotopic (exact) mass is 178 g/mol. The van der Waals surface area contributed by atoms with Gasteiger partial charge in [0.05, 0.1) is 0 Å². The van der Waals surface area contributed by atoms with Crippen molar-refractivity contribution in [3.8, 4) is 0 Å². The van der Waals surface area contributed by atoms with Crippen LogP contribution >= 0.6 is 0 Å². The second-order valence-electron chi connectivity index (χ2n) is 3.24. The van der Waals surface area contributed by atoms with Crippen molar-refractivity contribution in [2.45, 2.75) is 19.8 Å². The average molecular weight is 178 g/mol. The maximum absolute atomic E-state index is 5.41. The van der Waals surface area contributed by atoms with Crippen LogP contribution in [0.2, 0.25) is 0 Å². The minimum absolute atomic E-state index is 0.787. The summed E-state index contributed by atoms with van der Waals surface area (Å²) in [5, 5.41) is 3.39. The van der Waals surface area contributed by atoms with Gasteiger partial charge in [-0.1, -0.05) is 18.2 Å². The molecular weight excluding hydrogens is 160 g/mol. The van der Waals surface area contributed by atoms with Crippen LogP contribution in [-0.4, -0.2) is 13.1 Å². The predicted octanol–water partition coefficient (Wildman–Crippen LogP) is 2.15. The Morgan fingerprint density at radius 1 is 1.23 bits per heavy atom. The molecular formula is C11H18N2. The Bertz CT molecular complexity index is 246. The molecule has 0 unspecified atom stereocenters. The first-order chi connectivity index (χ1) is 6.34. The third-order valence-corrected chi connectivity index (χ3v) is 2.09. The second kappa shape index (κ2) is 5.60. The summed E-state index contributed by atoms with van der Waals surface area (Å²) in [4.78, 5) is 0. The first-order valence-electron chi connectivity index (χ1n) is 4.84. The van der Waals surface area contributed by atoms with Crippen LogP contribution in [0.25, 0.3) is 0 Å². The van der Waals surface area contributed by atoms with E-state index in [2.05, 4.69) is 36.5 Å². The molecule has 0 aliphatic rings. The Hall–Kier alpha value is -1.02. The molecule has 0 aromatic heterocycles. The third-order valence-electron chi connectivity index (χ3n) is 2.09. The van der Waals surface area contributed by atoms with E-state index in [1.54, 1.807) is 0 Å². The highest BCUT2D eigenvalue weighted by Crippen LogP contribution is 2.12. The van der Waals surface area contributed by atoms with Crippen LogP contribution in [-0.2, 0) is 0 Å². The van der Waals surface area contributed by atoms with E-state index in [9.17, 15) is 0 Å². The van der Waals surface area contributed by atoms with Crippen molar-refractivity contribution < 1.29 is 0 Å². The number of benzene rings is 1. The summed E-state index contributed by atoms with van der Waals surface area (Å²) >= 11 is 0. The zero-order valence-electron chi connectivity index (χ0n) is 8.22. The van der Waals surface area contributed by atoms with Gasteiger partial charge in [-0.3, -0.25) is 0 Å². The summed E-state index contributed by atoms with van der Waals surface area (Å²) in [6, 6.07) is 8.34. The van der Waals surface area contributed by atoms with Crippen molar-refractivity contribution in [3.05, 3.63) is 29.8 Å². The molecule has 0 radical (unpaired) electrons. The molecule has 0 atom stereocenters. The normalized spacial score (nSPS) is 10.0. The molecule has 0 fully saturated rings. The molecule has 72 valence electrons. The zero-order valence-corrected chi connectivity index (χ0v) is 8.22. The molecule has 0 aliphatic carbocycles. The van der Waals surface area contributed by atoms with E-state index in [4.69, 9.17) is 5.73 Å². The van der Waals surface area contributed by atoms with Crippen LogP contribution in [0.3, 0.4) is 0 Å². The quantitative estimate of drug-likeness (QED) is 0.678. The predicted molar refractivity (Wildman–Crippen MR) is 58.0 cm³/mol. The number of aryl methyl sites for hydroxylation is 1. The van der Waals surface area contributed by atoms with Crippen molar-refractivity contribution >= 4 is 5.69 Å². The summed E-state index contributed by atoms with van der Waals surface area (Å²) in [6.45, 7) is 3.92. The molecule has 1 aromatic carbocycles. The second-order valence-corrected chi connectivity index (χ2v) is 3.24. The molecule has 2 nitrogen and oxygen atoms in total. The number of para-hydroxylation sites is 1. The Morgan fingerprint density at radius 3 is 2.69 bits per heavy atom. The van der Waals surface area contributed by atoms with E-state index >= 15 is 0 Å². The smallest absolute Gasteiger partial charge is 0.0369 e. The largest absolute Gasteiger partial charge is 0.385 e. The molecule has 2 heteroatoms. The van der Waals surface area contributed by atoms with Crippen LogP contribution in [0.1, 0.15) is 18.4 Å². The first kappa shape index (κ1) is 10.1. The van der Waals surface area contributed by atoms with Gasteiger partial charge in [0.15, 0.2) is 0 Å². The molecule has 0 saturated carbocycles. The zero-order chi connectivity index (χ0) is 9.52. The number of nitrogens with two attached hydrogens (primary N) is 1. The van der Waals surface area contributed by atoms with Gasteiger partial charge in [-0.25, -0.2) is 0 Å². The van der Waals surface area contributed by atoms with Gasteiger partial charge in [0.1, 0.15) is 0 Å². The Labute approximate surface area is 80.1 Å². The molecule has 0 heterocycles. The molecule has 1 rings (SSSR count). The van der Waals surface area contributed by atoms with Gasteiger partial charge in [-0.05, 0) is 37.9 Å². The van der Waals surface area contributed by atoms with E-state index in [0.29, 0.717) is 0 Å². The van der Waals surface area contributed by atoms with Gasteiger partial charge in [-0.2, -0.15) is 0 Å². The van der Waals surface area contributed by atoms with Gasteiger partial charge in [0, 0.05) is 12.2 Å². The molecule has 13 heavy (non-hydrogen) atoms. The summed E-state index contributed by atoms with van der Waals surface area (Å²) < 4.78 is 0. The van der Waals surface area contributed by atoms with Crippen molar-refractivity contribution in [2.75, 3.05) is 18.4 Å². The molecule has 3 N–H and O–H groups in total. The van der Waals surface area contributed by atoms with E-state index in [-0.39, 0.29) is 0 Å². The minimum Gasteiger partial charge on any atom is -0.385 e. The highest BCUT2D eigenvalue weighted by atomic mass is 14.9. The number of rotatable bonds is 5. The van der Waals surface area contributed by atoms with Crippen LogP contribution in [0.4, 0.5) is 5.69 Å². The Kier molecular flexibility index (Phi) is 4.33. The average Bonchev–Trinajstić information content (AvgIpc) is 2.15. The van der Waals surface area contributed by atoms with Gasteiger partial charge in [0.2, 0.25) is 0 Å². The highest BCUT2D eigenvalue weighted by molar-refractivity contribution is 5.49. The minimum atomic E-state index is 0.787. The molecule has 0 bridgehead atoms. The van der Waals surface area contributed by atoms with Crippen LogP contribution in [0.5, 0.6) is 0 Å². The lowest BCUT2D eigenvalue weighted by Crippen LogP contribution is -2.06. The fraction of sp³-hybridized carbons (Fsp3) is 0.455. The summed E-state index contributed by atoms with van der Waals surface area (Å²) in [6.07, 6.45) is 2.24. The Morgan fingerprint density at radius 2 is 2.00 bits per heavy atom. The van der Waals surface area contributed by atoms with Crippen molar-refractivity contribution in [2.24, 2.45) is 5.73 Å². The van der Waals surface area contributed by atoms with Crippen molar-refractivity contribution in [1.82, 2.24) is 0 Å². The van der Waals surface area contributed by atoms with Crippen LogP contribution in [0, 0.1) is 6.92 Å². The molecule has 0 spiro atoms. The third kappa shape index (κ3) is 3.47. The number of hydrogen-bond donors (Lipinski definition) is 2. The standard InChI is InChI=1S/C11H18N2/c1-10-6-2-3-7-11(10)13-9-5-4-8-12/h2-3,6-7,13H,4-5,8-9,12H2,1H3. The first-order valence-corrected chi connectivity index (χ1v) is 4.84. The topological polar surface area (TPSA) is 38.0 Å². The maximum Gasteiger partial charge on any atom is 0.0369 e. The van der Waals surface area contributed by atoms with E-state index in [1.807, 2.05) is 0 Å². The lowest BCUT2D eigenvalue weighted by molar-refractivity contribution is 0.774. The van der Waals surface area contributed by atoms with E-state index in [0.717, 1.165) is 25.9 Å². The lowest BCUT2D eigenvalue weighted by Gasteiger charge is -2.08. The maximum atomic E-state index is 5.41.